The third-order valence-electron chi connectivity index (χ3n) is 4.82. The number of hydrogen-bond donors (Lipinski definition) is 0. The zero-order valence-electron chi connectivity index (χ0n) is 18.2. The number of benzene rings is 2. The lowest BCUT2D eigenvalue weighted by molar-refractivity contribution is 0.101. The smallest absolute Gasteiger partial charge is 0.262 e. The molecule has 0 N–H and O–H groups in total. The molecule has 0 fully saturated rings. The Morgan fingerprint density at radius 3 is 2.68 bits per heavy atom. The molecule has 31 heavy (non-hydrogen) atoms. The molecule has 6 nitrogen and oxygen atoms in total. The molecule has 0 spiro atoms. The minimum Gasteiger partial charge on any atom is -0.494 e. The lowest BCUT2D eigenvalue weighted by Gasteiger charge is -2.15. The predicted octanol–water partition coefficient (Wildman–Crippen LogP) is 4.72. The van der Waals surface area contributed by atoms with Crippen LogP contribution < -0.4 is 10.3 Å². The summed E-state index contributed by atoms with van der Waals surface area (Å²) in [6.07, 6.45) is 0.728. The van der Waals surface area contributed by atoms with Crippen LogP contribution in [0.2, 0.25) is 0 Å². The number of nitrogens with zero attached hydrogens (tertiary/aromatic N) is 2. The normalized spacial score (nSPS) is 11.1. The summed E-state index contributed by atoms with van der Waals surface area (Å²) < 4.78 is 12.9. The molecule has 0 unspecified atom stereocenters. The highest BCUT2D eigenvalue weighted by Crippen LogP contribution is 2.29. The van der Waals surface area contributed by atoms with Gasteiger partial charge in [0.25, 0.3) is 5.56 Å². The Hall–Kier alpha value is -2.64. The fourth-order valence-electron chi connectivity index (χ4n) is 3.27. The highest BCUT2D eigenvalue weighted by molar-refractivity contribution is 7.98. The van der Waals surface area contributed by atoms with Gasteiger partial charge in [0, 0.05) is 36.6 Å². The van der Waals surface area contributed by atoms with E-state index in [9.17, 15) is 9.59 Å². The number of carbonyl (C=O) groups is 1. The molecule has 0 saturated carbocycles. The maximum Gasteiger partial charge on any atom is 0.262 e. The largest absolute Gasteiger partial charge is 0.494 e. The lowest BCUT2D eigenvalue weighted by Crippen LogP contribution is -2.24. The molecule has 3 rings (SSSR count). The first kappa shape index (κ1) is 23.0. The van der Waals surface area contributed by atoms with E-state index in [1.165, 1.54) is 11.8 Å². The second-order valence-corrected chi connectivity index (χ2v) is 7.96. The highest BCUT2D eigenvalue weighted by Gasteiger charge is 2.14. The summed E-state index contributed by atoms with van der Waals surface area (Å²) in [5.74, 6) is 1.28. The van der Waals surface area contributed by atoms with Gasteiger partial charge >= 0.3 is 0 Å². The number of thioether (sulfide) groups is 1. The van der Waals surface area contributed by atoms with E-state index in [1.807, 2.05) is 50.2 Å². The van der Waals surface area contributed by atoms with Crippen molar-refractivity contribution < 1.29 is 14.3 Å². The van der Waals surface area contributed by atoms with Crippen molar-refractivity contribution in [3.8, 4) is 5.75 Å². The number of rotatable bonds is 11. The number of aromatic nitrogens is 2. The summed E-state index contributed by atoms with van der Waals surface area (Å²) in [5.41, 5.74) is 2.17. The van der Waals surface area contributed by atoms with Crippen molar-refractivity contribution >= 4 is 28.4 Å². The van der Waals surface area contributed by atoms with Crippen molar-refractivity contribution in [2.45, 2.75) is 44.6 Å². The monoisotopic (exact) mass is 440 g/mol. The van der Waals surface area contributed by atoms with Gasteiger partial charge in [0.15, 0.2) is 10.9 Å². The lowest BCUT2D eigenvalue weighted by atomic mass is 10.1. The number of carbonyl (C=O) groups excluding carboxylic acids is 1. The van der Waals surface area contributed by atoms with Gasteiger partial charge in [0.2, 0.25) is 0 Å². The summed E-state index contributed by atoms with van der Waals surface area (Å²) >= 11 is 1.47. The fraction of sp³-hybridized carbons (Fsp3) is 0.375. The van der Waals surface area contributed by atoms with Crippen molar-refractivity contribution in [1.82, 2.24) is 9.55 Å². The fourth-order valence-corrected chi connectivity index (χ4v) is 4.28. The molecule has 164 valence electrons. The van der Waals surface area contributed by atoms with Gasteiger partial charge in [-0.1, -0.05) is 23.9 Å². The minimum atomic E-state index is -0.0490. The van der Waals surface area contributed by atoms with Crippen molar-refractivity contribution in [1.29, 1.82) is 0 Å². The van der Waals surface area contributed by atoms with Crippen LogP contribution in [0.1, 0.15) is 43.1 Å². The van der Waals surface area contributed by atoms with Crippen LogP contribution in [0.5, 0.6) is 5.75 Å². The summed E-state index contributed by atoms with van der Waals surface area (Å²) in [4.78, 5) is 29.7. The molecule has 0 saturated heterocycles. The van der Waals surface area contributed by atoms with Gasteiger partial charge in [0.05, 0.1) is 17.5 Å². The van der Waals surface area contributed by atoms with Crippen molar-refractivity contribution in [3.63, 3.8) is 0 Å². The van der Waals surface area contributed by atoms with Gasteiger partial charge in [-0.3, -0.25) is 14.2 Å². The number of Topliss-reactive ketones (excluding diaryl/α,β-unsaturated/α-hetero) is 1. The molecule has 2 aromatic carbocycles. The standard InChI is InChI=1S/C24H28N2O4S/c1-4-29-14-8-13-26-23(28)20-9-6-7-10-21(20)25-24(26)31-16-19-15-18(17(3)27)11-12-22(19)30-5-2/h6-7,9-12,15H,4-5,8,13-14,16H2,1-3H3. The first-order valence-corrected chi connectivity index (χ1v) is 11.5. The summed E-state index contributed by atoms with van der Waals surface area (Å²) in [7, 11) is 0. The molecular formula is C24H28N2O4S. The first-order valence-electron chi connectivity index (χ1n) is 10.5. The minimum absolute atomic E-state index is 0.00552. The van der Waals surface area contributed by atoms with E-state index < -0.39 is 0 Å². The van der Waals surface area contributed by atoms with Gasteiger partial charge in [-0.25, -0.2) is 4.98 Å². The zero-order valence-corrected chi connectivity index (χ0v) is 19.0. The van der Waals surface area contributed by atoms with Crippen molar-refractivity contribution in [2.75, 3.05) is 19.8 Å². The van der Waals surface area contributed by atoms with Crippen LogP contribution in [0.3, 0.4) is 0 Å². The quantitative estimate of drug-likeness (QED) is 0.186. The number of ether oxygens (including phenoxy) is 2. The molecule has 0 aliphatic carbocycles. The van der Waals surface area contributed by atoms with Crippen LogP contribution in [0.25, 0.3) is 10.9 Å². The maximum absolute atomic E-state index is 13.1. The van der Waals surface area contributed by atoms with Gasteiger partial charge in [-0.15, -0.1) is 0 Å². The molecular weight excluding hydrogens is 412 g/mol. The average molecular weight is 441 g/mol. The van der Waals surface area contributed by atoms with E-state index in [4.69, 9.17) is 14.5 Å². The Bertz CT molecular complexity index is 1110. The summed E-state index contributed by atoms with van der Waals surface area (Å²) in [6.45, 7) is 7.74. The molecule has 0 bridgehead atoms. The predicted molar refractivity (Wildman–Crippen MR) is 124 cm³/mol. The zero-order chi connectivity index (χ0) is 22.2. The maximum atomic E-state index is 13.1. The SMILES string of the molecule is CCOCCCn1c(SCc2cc(C(C)=O)ccc2OCC)nc2ccccc2c1=O. The van der Waals surface area contributed by atoms with Gasteiger partial charge in [-0.05, 0) is 57.5 Å². The van der Waals surface area contributed by atoms with E-state index in [-0.39, 0.29) is 11.3 Å². The van der Waals surface area contributed by atoms with Crippen LogP contribution in [0, 0.1) is 0 Å². The average Bonchev–Trinajstić information content (AvgIpc) is 2.77. The highest BCUT2D eigenvalue weighted by atomic mass is 32.2. The van der Waals surface area contributed by atoms with Crippen molar-refractivity contribution in [3.05, 3.63) is 63.9 Å². The van der Waals surface area contributed by atoms with Gasteiger partial charge < -0.3 is 9.47 Å². The molecule has 0 aliphatic rings. The number of ketones is 1. The number of fused-ring (bicyclic) bond motifs is 1. The van der Waals surface area contributed by atoms with E-state index >= 15 is 0 Å². The first-order chi connectivity index (χ1) is 15.0. The Balaban J connectivity index is 1.94. The molecule has 1 aromatic heterocycles. The van der Waals surface area contributed by atoms with E-state index in [0.29, 0.717) is 53.7 Å². The second kappa shape index (κ2) is 11.1. The number of hydrogen-bond acceptors (Lipinski definition) is 6. The molecule has 0 amide bonds. The van der Waals surface area contributed by atoms with Crippen LogP contribution in [0.4, 0.5) is 0 Å². The Morgan fingerprint density at radius 2 is 1.94 bits per heavy atom. The van der Waals surface area contributed by atoms with Crippen LogP contribution in [0.15, 0.2) is 52.4 Å². The summed E-state index contributed by atoms with van der Waals surface area (Å²) in [6, 6.07) is 12.9. The second-order valence-electron chi connectivity index (χ2n) is 7.02. The van der Waals surface area contributed by atoms with Crippen LogP contribution >= 0.6 is 11.8 Å². The van der Waals surface area contributed by atoms with Gasteiger partial charge in [0.1, 0.15) is 5.75 Å². The Labute approximate surface area is 186 Å². The molecule has 0 radical (unpaired) electrons. The topological polar surface area (TPSA) is 70.4 Å². The molecule has 0 aliphatic heterocycles. The van der Waals surface area contributed by atoms with Gasteiger partial charge in [-0.2, -0.15) is 0 Å². The third-order valence-corrected chi connectivity index (χ3v) is 5.85. The summed E-state index contributed by atoms with van der Waals surface area (Å²) in [5, 5.41) is 1.26. The molecule has 1 heterocycles. The Morgan fingerprint density at radius 1 is 1.13 bits per heavy atom. The van der Waals surface area contributed by atoms with E-state index in [2.05, 4.69) is 0 Å². The van der Waals surface area contributed by atoms with E-state index in [1.54, 1.807) is 17.6 Å². The van der Waals surface area contributed by atoms with Crippen molar-refractivity contribution in [2.24, 2.45) is 0 Å². The molecule has 7 heteroatoms. The number of para-hydroxylation sites is 1. The molecule has 0 atom stereocenters. The van der Waals surface area contributed by atoms with Crippen LogP contribution in [-0.4, -0.2) is 35.2 Å². The van der Waals surface area contributed by atoms with Crippen LogP contribution in [-0.2, 0) is 17.0 Å². The Kier molecular flexibility index (Phi) is 8.26. The third kappa shape index (κ3) is 5.74. The molecule has 3 aromatic rings. The van der Waals surface area contributed by atoms with E-state index in [0.717, 1.165) is 17.7 Å².